The van der Waals surface area contributed by atoms with E-state index in [1.165, 1.54) is 18.4 Å². The summed E-state index contributed by atoms with van der Waals surface area (Å²) in [6, 6.07) is 6.38. The highest BCUT2D eigenvalue weighted by Crippen LogP contribution is 2.17. The van der Waals surface area contributed by atoms with Gasteiger partial charge in [0.15, 0.2) is 10.8 Å². The normalized spacial score (nSPS) is 9.95. The predicted octanol–water partition coefficient (Wildman–Crippen LogP) is 2.05. The van der Waals surface area contributed by atoms with Crippen LogP contribution in [0.1, 0.15) is 27.8 Å². The fourth-order valence-electron chi connectivity index (χ4n) is 1.54. The molecule has 0 saturated heterocycles. The van der Waals surface area contributed by atoms with Gasteiger partial charge in [-0.1, -0.05) is 6.07 Å². The van der Waals surface area contributed by atoms with Crippen molar-refractivity contribution in [1.29, 1.82) is 0 Å². The van der Waals surface area contributed by atoms with Gasteiger partial charge in [0.25, 0.3) is 5.91 Å². The number of anilines is 2. The van der Waals surface area contributed by atoms with E-state index in [1.54, 1.807) is 18.2 Å². The van der Waals surface area contributed by atoms with Crippen molar-refractivity contribution in [2.75, 3.05) is 10.6 Å². The molecule has 1 aromatic carbocycles. The van der Waals surface area contributed by atoms with Crippen molar-refractivity contribution in [3.05, 3.63) is 40.9 Å². The Kier molecular flexibility index (Phi) is 4.29. The summed E-state index contributed by atoms with van der Waals surface area (Å²) in [6.07, 6.45) is 0. The third kappa shape index (κ3) is 3.86. The molecule has 2 rings (SSSR count). The van der Waals surface area contributed by atoms with Crippen LogP contribution in [-0.4, -0.2) is 27.9 Å². The number of carboxylic acid groups (broad SMARTS) is 1. The van der Waals surface area contributed by atoms with Gasteiger partial charge < -0.3 is 10.4 Å². The summed E-state index contributed by atoms with van der Waals surface area (Å²) in [5.74, 6) is -1.83. The molecule has 2 aromatic rings. The number of carbonyl (C=O) groups is 3. The largest absolute Gasteiger partial charge is 0.476 e. The van der Waals surface area contributed by atoms with Crippen LogP contribution in [0, 0.1) is 0 Å². The molecule has 0 spiro atoms. The van der Waals surface area contributed by atoms with E-state index in [0.717, 1.165) is 11.3 Å². The SMILES string of the molecule is CC(=O)Nc1cccc(C(=O)Nc2nc(C(=O)O)cs2)c1. The van der Waals surface area contributed by atoms with Crippen molar-refractivity contribution in [3.63, 3.8) is 0 Å². The van der Waals surface area contributed by atoms with E-state index in [2.05, 4.69) is 15.6 Å². The predicted molar refractivity (Wildman–Crippen MR) is 77.8 cm³/mol. The number of aromatic nitrogens is 1. The number of nitrogens with zero attached hydrogens (tertiary/aromatic N) is 1. The summed E-state index contributed by atoms with van der Waals surface area (Å²) in [6.45, 7) is 1.37. The molecule has 21 heavy (non-hydrogen) atoms. The molecule has 0 aliphatic carbocycles. The first-order valence-electron chi connectivity index (χ1n) is 5.83. The van der Waals surface area contributed by atoms with Gasteiger partial charge in [-0.05, 0) is 18.2 Å². The summed E-state index contributed by atoms with van der Waals surface area (Å²) < 4.78 is 0. The molecule has 0 aliphatic rings. The van der Waals surface area contributed by atoms with Gasteiger partial charge >= 0.3 is 5.97 Å². The van der Waals surface area contributed by atoms with Crippen LogP contribution in [0.5, 0.6) is 0 Å². The second-order valence-electron chi connectivity index (χ2n) is 4.06. The van der Waals surface area contributed by atoms with E-state index in [4.69, 9.17) is 5.11 Å². The van der Waals surface area contributed by atoms with Crippen LogP contribution in [-0.2, 0) is 4.79 Å². The maximum Gasteiger partial charge on any atom is 0.355 e. The molecule has 3 N–H and O–H groups in total. The van der Waals surface area contributed by atoms with E-state index in [1.807, 2.05) is 0 Å². The number of carboxylic acids is 1. The lowest BCUT2D eigenvalue weighted by Gasteiger charge is -2.05. The smallest absolute Gasteiger partial charge is 0.355 e. The minimum Gasteiger partial charge on any atom is -0.476 e. The Morgan fingerprint density at radius 3 is 2.62 bits per heavy atom. The van der Waals surface area contributed by atoms with E-state index < -0.39 is 11.9 Å². The number of carbonyl (C=O) groups excluding carboxylic acids is 2. The van der Waals surface area contributed by atoms with Crippen molar-refractivity contribution in [2.45, 2.75) is 6.92 Å². The van der Waals surface area contributed by atoms with Crippen LogP contribution in [0.2, 0.25) is 0 Å². The van der Waals surface area contributed by atoms with Gasteiger partial charge in [-0.15, -0.1) is 11.3 Å². The number of hydrogen-bond donors (Lipinski definition) is 3. The number of rotatable bonds is 4. The highest BCUT2D eigenvalue weighted by atomic mass is 32.1. The minimum absolute atomic E-state index is 0.123. The van der Waals surface area contributed by atoms with Gasteiger partial charge in [-0.25, -0.2) is 9.78 Å². The molecule has 1 heterocycles. The Balaban J connectivity index is 2.12. The fourth-order valence-corrected chi connectivity index (χ4v) is 2.22. The Morgan fingerprint density at radius 1 is 1.24 bits per heavy atom. The van der Waals surface area contributed by atoms with Crippen LogP contribution < -0.4 is 10.6 Å². The molecular formula is C13H11N3O4S. The first kappa shape index (κ1) is 14.7. The van der Waals surface area contributed by atoms with Gasteiger partial charge in [0.2, 0.25) is 5.91 Å². The zero-order valence-electron chi connectivity index (χ0n) is 10.9. The second-order valence-corrected chi connectivity index (χ2v) is 4.92. The zero-order valence-corrected chi connectivity index (χ0v) is 11.7. The van der Waals surface area contributed by atoms with Crippen molar-refractivity contribution >= 4 is 39.9 Å². The summed E-state index contributed by atoms with van der Waals surface area (Å²) in [4.78, 5) is 37.5. The minimum atomic E-state index is -1.15. The Bertz CT molecular complexity index is 711. The van der Waals surface area contributed by atoms with Crippen LogP contribution in [0.15, 0.2) is 29.6 Å². The molecule has 108 valence electrons. The van der Waals surface area contributed by atoms with Gasteiger partial charge in [0.05, 0.1) is 0 Å². The van der Waals surface area contributed by atoms with E-state index in [9.17, 15) is 14.4 Å². The molecule has 0 fully saturated rings. The first-order chi connectivity index (χ1) is 9.95. The molecule has 0 saturated carbocycles. The first-order valence-corrected chi connectivity index (χ1v) is 6.71. The highest BCUT2D eigenvalue weighted by molar-refractivity contribution is 7.14. The average Bonchev–Trinajstić information content (AvgIpc) is 2.87. The van der Waals surface area contributed by atoms with Crippen molar-refractivity contribution in [3.8, 4) is 0 Å². The third-order valence-corrected chi connectivity index (χ3v) is 3.15. The van der Waals surface area contributed by atoms with Crippen LogP contribution in [0.25, 0.3) is 0 Å². The number of nitrogens with one attached hydrogen (secondary N) is 2. The quantitative estimate of drug-likeness (QED) is 0.801. The summed E-state index contributed by atoms with van der Waals surface area (Å²) in [7, 11) is 0. The van der Waals surface area contributed by atoms with Crippen molar-refractivity contribution < 1.29 is 19.5 Å². The monoisotopic (exact) mass is 305 g/mol. The number of amides is 2. The van der Waals surface area contributed by atoms with Crippen molar-refractivity contribution in [1.82, 2.24) is 4.98 Å². The molecule has 2 amide bonds. The second kappa shape index (κ2) is 6.14. The lowest BCUT2D eigenvalue weighted by molar-refractivity contribution is -0.114. The van der Waals surface area contributed by atoms with E-state index in [0.29, 0.717) is 11.3 Å². The molecule has 0 unspecified atom stereocenters. The molecule has 1 aromatic heterocycles. The van der Waals surface area contributed by atoms with Crippen LogP contribution >= 0.6 is 11.3 Å². The van der Waals surface area contributed by atoms with Crippen LogP contribution in [0.3, 0.4) is 0 Å². The Hall–Kier alpha value is -2.74. The molecule has 7 nitrogen and oxygen atoms in total. The maximum atomic E-state index is 12.0. The number of aromatic carboxylic acids is 1. The molecule has 0 bridgehead atoms. The van der Waals surface area contributed by atoms with E-state index in [-0.39, 0.29) is 16.7 Å². The standard InChI is InChI=1S/C13H11N3O4S/c1-7(17)14-9-4-2-3-8(5-9)11(18)16-13-15-10(6-21-13)12(19)20/h2-6H,1H3,(H,14,17)(H,19,20)(H,15,16,18). The third-order valence-electron chi connectivity index (χ3n) is 2.39. The maximum absolute atomic E-state index is 12.0. The van der Waals surface area contributed by atoms with Crippen LogP contribution in [0.4, 0.5) is 10.8 Å². The van der Waals surface area contributed by atoms with Crippen molar-refractivity contribution in [2.24, 2.45) is 0 Å². The number of thiazole rings is 1. The fraction of sp³-hybridized carbons (Fsp3) is 0.0769. The zero-order chi connectivity index (χ0) is 15.4. The average molecular weight is 305 g/mol. The topological polar surface area (TPSA) is 108 Å². The lowest BCUT2D eigenvalue weighted by atomic mass is 10.2. The van der Waals surface area contributed by atoms with Gasteiger partial charge in [-0.2, -0.15) is 0 Å². The summed E-state index contributed by atoms with van der Waals surface area (Å²) >= 11 is 1.02. The molecule has 0 aliphatic heterocycles. The van der Waals surface area contributed by atoms with Gasteiger partial charge in [0.1, 0.15) is 0 Å². The summed E-state index contributed by atoms with van der Waals surface area (Å²) in [5.41, 5.74) is 0.705. The number of hydrogen-bond acceptors (Lipinski definition) is 5. The number of benzene rings is 1. The lowest BCUT2D eigenvalue weighted by Crippen LogP contribution is -2.13. The van der Waals surface area contributed by atoms with Gasteiger partial charge in [-0.3, -0.25) is 14.9 Å². The molecule has 8 heteroatoms. The van der Waals surface area contributed by atoms with E-state index >= 15 is 0 Å². The summed E-state index contributed by atoms with van der Waals surface area (Å²) in [5, 5.41) is 15.4. The Labute approximate surface area is 123 Å². The highest BCUT2D eigenvalue weighted by Gasteiger charge is 2.12. The molecular weight excluding hydrogens is 294 g/mol. The van der Waals surface area contributed by atoms with Gasteiger partial charge in [0, 0.05) is 23.6 Å². The molecule has 0 atom stereocenters. The Morgan fingerprint density at radius 2 is 2.00 bits per heavy atom. The molecule has 0 radical (unpaired) electrons.